The van der Waals surface area contributed by atoms with E-state index >= 15 is 0 Å². The third-order valence-electron chi connectivity index (χ3n) is 2.83. The minimum absolute atomic E-state index is 0.215. The molecule has 1 N–H and O–H groups in total. The summed E-state index contributed by atoms with van der Waals surface area (Å²) in [5, 5.41) is 9.19. The molecule has 0 heterocycles. The Morgan fingerprint density at radius 2 is 1.71 bits per heavy atom. The van der Waals surface area contributed by atoms with Crippen molar-refractivity contribution in [2.75, 3.05) is 6.61 Å². The maximum absolute atomic E-state index is 9.19. The van der Waals surface area contributed by atoms with E-state index in [1.54, 1.807) is 0 Å². The normalized spacial score (nSPS) is 20.1. The average Bonchev–Trinajstić information content (AvgIpc) is 2.11. The van der Waals surface area contributed by atoms with Crippen LogP contribution in [0.4, 0.5) is 0 Å². The van der Waals surface area contributed by atoms with Crippen molar-refractivity contribution in [1.82, 2.24) is 0 Å². The first-order valence-electron chi connectivity index (χ1n) is 5.77. The van der Waals surface area contributed by atoms with Crippen LogP contribution in [0.5, 0.6) is 0 Å². The minimum atomic E-state index is -0.215. The molecule has 0 bridgehead atoms. The lowest BCUT2D eigenvalue weighted by Crippen LogP contribution is -2.22. The molecule has 0 aliphatic rings. The monoisotopic (exact) mass is 202 g/mol. The van der Waals surface area contributed by atoms with Gasteiger partial charge in [-0.1, -0.05) is 27.2 Å². The van der Waals surface area contributed by atoms with Crippen LogP contribution in [0.2, 0.25) is 0 Å². The summed E-state index contributed by atoms with van der Waals surface area (Å²) in [7, 11) is 0. The Kier molecular flexibility index (Phi) is 7.20. The highest BCUT2D eigenvalue weighted by Crippen LogP contribution is 2.13. The second-order valence-electron chi connectivity index (χ2n) is 4.61. The lowest BCUT2D eigenvalue weighted by Gasteiger charge is -2.22. The van der Waals surface area contributed by atoms with E-state index in [4.69, 9.17) is 4.74 Å². The van der Waals surface area contributed by atoms with Crippen LogP contribution in [0.25, 0.3) is 0 Å². The molecule has 0 aromatic heterocycles. The summed E-state index contributed by atoms with van der Waals surface area (Å²) in [5.74, 6) is 1.07. The molecule has 0 saturated heterocycles. The summed E-state index contributed by atoms with van der Waals surface area (Å²) in [6.45, 7) is 11.2. The predicted octanol–water partition coefficient (Wildman–Crippen LogP) is 2.84. The van der Waals surface area contributed by atoms with Crippen molar-refractivity contribution in [2.24, 2.45) is 11.8 Å². The minimum Gasteiger partial charge on any atom is -0.393 e. The fraction of sp³-hybridized carbons (Fsp3) is 1.00. The van der Waals surface area contributed by atoms with E-state index in [-0.39, 0.29) is 6.10 Å². The van der Waals surface area contributed by atoms with Gasteiger partial charge in [0, 0.05) is 6.61 Å². The highest BCUT2D eigenvalue weighted by Gasteiger charge is 2.13. The lowest BCUT2D eigenvalue weighted by molar-refractivity contribution is 0.00277. The molecule has 0 aliphatic heterocycles. The molecule has 0 amide bonds. The summed E-state index contributed by atoms with van der Waals surface area (Å²) in [6.07, 6.45) is 2.10. The van der Waals surface area contributed by atoms with Gasteiger partial charge in [-0.3, -0.25) is 0 Å². The number of aliphatic hydroxyl groups is 1. The first-order valence-corrected chi connectivity index (χ1v) is 5.77. The number of hydrogen-bond acceptors (Lipinski definition) is 2. The van der Waals surface area contributed by atoms with Crippen LogP contribution >= 0.6 is 0 Å². The van der Waals surface area contributed by atoms with Gasteiger partial charge in [-0.05, 0) is 32.1 Å². The van der Waals surface area contributed by atoms with Gasteiger partial charge in [0.05, 0.1) is 12.2 Å². The fourth-order valence-corrected chi connectivity index (χ4v) is 1.46. The summed E-state index contributed by atoms with van der Waals surface area (Å²) in [6, 6.07) is 0. The lowest BCUT2D eigenvalue weighted by atomic mass is 10.0. The zero-order valence-corrected chi connectivity index (χ0v) is 10.3. The van der Waals surface area contributed by atoms with Crippen LogP contribution in [0.15, 0.2) is 0 Å². The smallest absolute Gasteiger partial charge is 0.0572 e. The van der Waals surface area contributed by atoms with Gasteiger partial charge in [-0.2, -0.15) is 0 Å². The van der Waals surface area contributed by atoms with E-state index in [1.165, 1.54) is 0 Å². The first-order chi connectivity index (χ1) is 6.47. The van der Waals surface area contributed by atoms with Gasteiger partial charge in [-0.15, -0.1) is 0 Å². The van der Waals surface area contributed by atoms with E-state index < -0.39 is 0 Å². The molecule has 0 radical (unpaired) electrons. The molecular weight excluding hydrogens is 176 g/mol. The molecule has 4 atom stereocenters. The topological polar surface area (TPSA) is 29.5 Å². The van der Waals surface area contributed by atoms with Crippen molar-refractivity contribution in [1.29, 1.82) is 0 Å². The SMILES string of the molecule is CCC(C)C(C)OCC(C)CC(C)O. The van der Waals surface area contributed by atoms with Crippen molar-refractivity contribution in [3.05, 3.63) is 0 Å². The van der Waals surface area contributed by atoms with Crippen molar-refractivity contribution in [2.45, 2.75) is 59.7 Å². The average molecular weight is 202 g/mol. The van der Waals surface area contributed by atoms with Crippen molar-refractivity contribution in [3.8, 4) is 0 Å². The summed E-state index contributed by atoms with van der Waals surface area (Å²) >= 11 is 0. The molecule has 86 valence electrons. The maximum Gasteiger partial charge on any atom is 0.0572 e. The Morgan fingerprint density at radius 1 is 1.14 bits per heavy atom. The van der Waals surface area contributed by atoms with Gasteiger partial charge in [-0.25, -0.2) is 0 Å². The third-order valence-corrected chi connectivity index (χ3v) is 2.83. The van der Waals surface area contributed by atoms with Crippen LogP contribution in [0, 0.1) is 11.8 Å². The molecular formula is C12H26O2. The Bertz CT molecular complexity index is 134. The van der Waals surface area contributed by atoms with E-state index in [9.17, 15) is 5.11 Å². The maximum atomic E-state index is 9.19. The molecule has 2 heteroatoms. The quantitative estimate of drug-likeness (QED) is 0.688. The Hall–Kier alpha value is -0.0800. The highest BCUT2D eigenvalue weighted by atomic mass is 16.5. The summed E-state index contributed by atoms with van der Waals surface area (Å²) in [4.78, 5) is 0. The van der Waals surface area contributed by atoms with E-state index in [0.717, 1.165) is 19.4 Å². The molecule has 0 aliphatic carbocycles. The number of hydrogen-bond donors (Lipinski definition) is 1. The Balaban J connectivity index is 3.60. The first kappa shape index (κ1) is 13.9. The van der Waals surface area contributed by atoms with E-state index in [1.807, 2.05) is 6.92 Å². The fourth-order valence-electron chi connectivity index (χ4n) is 1.46. The van der Waals surface area contributed by atoms with Gasteiger partial charge >= 0.3 is 0 Å². The molecule has 2 nitrogen and oxygen atoms in total. The van der Waals surface area contributed by atoms with Crippen LogP contribution in [-0.4, -0.2) is 23.9 Å². The van der Waals surface area contributed by atoms with Crippen LogP contribution in [-0.2, 0) is 4.74 Å². The zero-order valence-electron chi connectivity index (χ0n) is 10.3. The summed E-state index contributed by atoms with van der Waals surface area (Å²) in [5.41, 5.74) is 0. The second-order valence-corrected chi connectivity index (χ2v) is 4.61. The zero-order chi connectivity index (χ0) is 11.1. The van der Waals surface area contributed by atoms with Gasteiger partial charge in [0.1, 0.15) is 0 Å². The molecule has 0 saturated carbocycles. The van der Waals surface area contributed by atoms with Gasteiger partial charge in [0.25, 0.3) is 0 Å². The standard InChI is InChI=1S/C12H26O2/c1-6-10(3)12(5)14-8-9(2)7-11(4)13/h9-13H,6-8H2,1-5H3. The van der Waals surface area contributed by atoms with Crippen LogP contribution in [0.3, 0.4) is 0 Å². The largest absolute Gasteiger partial charge is 0.393 e. The van der Waals surface area contributed by atoms with Gasteiger partial charge < -0.3 is 9.84 Å². The van der Waals surface area contributed by atoms with Crippen LogP contribution in [0.1, 0.15) is 47.5 Å². The molecule has 14 heavy (non-hydrogen) atoms. The molecule has 0 aromatic rings. The molecule has 4 unspecified atom stereocenters. The van der Waals surface area contributed by atoms with E-state index in [0.29, 0.717) is 17.9 Å². The van der Waals surface area contributed by atoms with Crippen molar-refractivity contribution < 1.29 is 9.84 Å². The van der Waals surface area contributed by atoms with Gasteiger partial charge in [0.15, 0.2) is 0 Å². The third kappa shape index (κ3) is 6.39. The molecule has 0 fully saturated rings. The molecule has 0 rings (SSSR count). The second kappa shape index (κ2) is 7.24. The number of ether oxygens (including phenoxy) is 1. The van der Waals surface area contributed by atoms with Crippen molar-refractivity contribution >= 4 is 0 Å². The molecule has 0 spiro atoms. The number of rotatable bonds is 7. The predicted molar refractivity (Wildman–Crippen MR) is 60.3 cm³/mol. The molecule has 0 aromatic carbocycles. The summed E-state index contributed by atoms with van der Waals surface area (Å²) < 4.78 is 5.75. The van der Waals surface area contributed by atoms with Crippen LogP contribution < -0.4 is 0 Å². The van der Waals surface area contributed by atoms with Crippen molar-refractivity contribution in [3.63, 3.8) is 0 Å². The van der Waals surface area contributed by atoms with Gasteiger partial charge in [0.2, 0.25) is 0 Å². The number of aliphatic hydroxyl groups excluding tert-OH is 1. The Morgan fingerprint density at radius 3 is 2.14 bits per heavy atom. The highest BCUT2D eigenvalue weighted by molar-refractivity contribution is 4.61. The Labute approximate surface area is 88.7 Å². The van der Waals surface area contributed by atoms with E-state index in [2.05, 4.69) is 27.7 Å².